The molecule has 0 saturated heterocycles. The van der Waals surface area contributed by atoms with Gasteiger partial charge in [0.1, 0.15) is 0 Å². The molecule has 0 spiro atoms. The van der Waals surface area contributed by atoms with Gasteiger partial charge in [0.25, 0.3) is 0 Å². The Morgan fingerprint density at radius 2 is 0.429 bits per heavy atom. The van der Waals surface area contributed by atoms with Crippen LogP contribution in [0.1, 0.15) is 0 Å². The first-order valence-corrected chi connectivity index (χ1v) is 3.20. The summed E-state index contributed by atoms with van der Waals surface area (Å²) < 4.78 is 0. The van der Waals surface area contributed by atoms with Gasteiger partial charge in [-0.15, -0.1) is 0 Å². The van der Waals surface area contributed by atoms with Gasteiger partial charge in [0.05, 0.1) is 35.8 Å². The zero-order valence-corrected chi connectivity index (χ0v) is 16.1. The standard InChI is InChI=1S/3C2H2O4.2In.H2O/c3*3-1(4)2(5)6;;;/h3*(H,3,4)(H,5,6);;;1H2/q;;;2*+3;/p-6. The third-order valence-electron chi connectivity index (χ3n) is 0.500. The van der Waals surface area contributed by atoms with E-state index in [9.17, 15) is 0 Å². The number of aliphatic carboxylic acids is 6. The van der Waals surface area contributed by atoms with E-state index in [-0.39, 0.29) is 57.2 Å². The van der Waals surface area contributed by atoms with Crippen molar-refractivity contribution in [2.45, 2.75) is 0 Å². The number of carbonyl (C=O) groups is 6. The third-order valence-corrected chi connectivity index (χ3v) is 0.500. The van der Waals surface area contributed by atoms with E-state index < -0.39 is 35.8 Å². The molecule has 0 aliphatic carbocycles. The molecule has 0 saturated carbocycles. The summed E-state index contributed by atoms with van der Waals surface area (Å²) in [5.41, 5.74) is 0. The van der Waals surface area contributed by atoms with Crippen molar-refractivity contribution in [1.29, 1.82) is 0 Å². The molecule has 0 aromatic carbocycles. The van der Waals surface area contributed by atoms with Crippen LogP contribution in [0.5, 0.6) is 0 Å². The molecular formula is C6H2In2O13. The zero-order chi connectivity index (χ0) is 15.5. The van der Waals surface area contributed by atoms with Crippen LogP contribution in [0.3, 0.4) is 0 Å². The van der Waals surface area contributed by atoms with Crippen molar-refractivity contribution in [1.82, 2.24) is 0 Å². The van der Waals surface area contributed by atoms with Crippen LogP contribution >= 0.6 is 0 Å². The molecule has 0 rings (SSSR count). The van der Waals surface area contributed by atoms with Crippen molar-refractivity contribution in [3.8, 4) is 0 Å². The van der Waals surface area contributed by atoms with Gasteiger partial charge >= 0.3 is 51.7 Å². The Labute approximate surface area is 152 Å². The van der Waals surface area contributed by atoms with Gasteiger partial charge in [-0.25, -0.2) is 0 Å². The molecule has 13 nitrogen and oxygen atoms in total. The van der Waals surface area contributed by atoms with Gasteiger partial charge < -0.3 is 64.9 Å². The number of hydrogen-bond acceptors (Lipinski definition) is 12. The Kier molecular flexibility index (Phi) is 36.3. The first-order valence-electron chi connectivity index (χ1n) is 3.20. The summed E-state index contributed by atoms with van der Waals surface area (Å²) in [6.07, 6.45) is 0. The molecule has 0 unspecified atom stereocenters. The molecule has 0 atom stereocenters. The maximum atomic E-state index is 8.93. The SMILES string of the molecule is O.O=C([O-])C(=O)[O-].O=C([O-])C(=O)[O-].O=C([O-])C(=O)[O-].[In+3].[In+3]. The number of carboxylic acid groups (broad SMARTS) is 6. The van der Waals surface area contributed by atoms with Crippen molar-refractivity contribution in [3.63, 3.8) is 0 Å². The van der Waals surface area contributed by atoms with Crippen molar-refractivity contribution >= 4 is 87.5 Å². The fourth-order valence-corrected chi connectivity index (χ4v) is 0. The van der Waals surface area contributed by atoms with Crippen LogP contribution in [0.4, 0.5) is 0 Å². The average Bonchev–Trinajstić information content (AvgIpc) is 2.18. The summed E-state index contributed by atoms with van der Waals surface area (Å²) in [6.45, 7) is 0. The van der Waals surface area contributed by atoms with Crippen LogP contribution in [0.15, 0.2) is 0 Å². The first-order chi connectivity index (χ1) is 7.93. The summed E-state index contributed by atoms with van der Waals surface area (Å²) in [5.74, 6) is -13.1. The zero-order valence-electron chi connectivity index (χ0n) is 9.55. The molecule has 0 heterocycles. The van der Waals surface area contributed by atoms with Gasteiger partial charge in [-0.1, -0.05) is 0 Å². The number of carboxylic acids is 6. The molecule has 0 radical (unpaired) electrons. The van der Waals surface area contributed by atoms with Crippen LogP contribution in [0.2, 0.25) is 0 Å². The van der Waals surface area contributed by atoms with Gasteiger partial charge in [-0.2, -0.15) is 0 Å². The Morgan fingerprint density at radius 1 is 0.381 bits per heavy atom. The number of hydrogen-bond donors (Lipinski definition) is 0. The van der Waals surface area contributed by atoms with Gasteiger partial charge in [0, 0.05) is 0 Å². The molecule has 15 heteroatoms. The number of rotatable bonds is 0. The minimum Gasteiger partial charge on any atom is -0.543 e. The van der Waals surface area contributed by atoms with Gasteiger partial charge in [0.15, 0.2) is 0 Å². The topological polar surface area (TPSA) is 272 Å². The second kappa shape index (κ2) is 20.8. The van der Waals surface area contributed by atoms with Crippen molar-refractivity contribution in [2.75, 3.05) is 0 Å². The van der Waals surface area contributed by atoms with Gasteiger partial charge in [0.2, 0.25) is 0 Å². The van der Waals surface area contributed by atoms with Gasteiger partial charge in [-0.05, 0) is 0 Å². The monoisotopic (exact) mass is 512 g/mol. The largest absolute Gasteiger partial charge is 3.00 e. The summed E-state index contributed by atoms with van der Waals surface area (Å²) in [7, 11) is 0. The normalized spacial score (nSPS) is 6.29. The Morgan fingerprint density at radius 3 is 0.429 bits per heavy atom. The molecule has 0 aliphatic rings. The molecule has 0 fully saturated rings. The van der Waals surface area contributed by atoms with E-state index in [2.05, 4.69) is 0 Å². The van der Waals surface area contributed by atoms with Crippen LogP contribution in [-0.2, 0) is 28.8 Å². The summed E-state index contributed by atoms with van der Waals surface area (Å²) in [4.78, 5) is 53.6. The van der Waals surface area contributed by atoms with E-state index in [0.29, 0.717) is 0 Å². The second-order valence-electron chi connectivity index (χ2n) is 1.72. The third kappa shape index (κ3) is 45.7. The minimum absolute atomic E-state index is 0. The second-order valence-corrected chi connectivity index (χ2v) is 1.72. The average molecular weight is 512 g/mol. The van der Waals surface area contributed by atoms with E-state index in [0.717, 1.165) is 0 Å². The molecule has 21 heavy (non-hydrogen) atoms. The minimum atomic E-state index is -2.19. The van der Waals surface area contributed by atoms with Crippen LogP contribution < -0.4 is 30.6 Å². The summed E-state index contributed by atoms with van der Waals surface area (Å²) in [5, 5.41) is 53.6. The summed E-state index contributed by atoms with van der Waals surface area (Å²) >= 11 is 0. The first kappa shape index (κ1) is 36.6. The van der Waals surface area contributed by atoms with Gasteiger partial charge in [-0.3, -0.25) is 0 Å². The van der Waals surface area contributed by atoms with E-state index in [1.807, 2.05) is 0 Å². The maximum absolute atomic E-state index is 8.93. The van der Waals surface area contributed by atoms with E-state index >= 15 is 0 Å². The molecule has 0 amide bonds. The molecule has 0 aliphatic heterocycles. The molecular weight excluding hydrogens is 510 g/mol. The molecule has 110 valence electrons. The quantitative estimate of drug-likeness (QED) is 0.274. The van der Waals surface area contributed by atoms with E-state index in [1.54, 1.807) is 0 Å². The Hall–Kier alpha value is -1.48. The smallest absolute Gasteiger partial charge is 0.543 e. The van der Waals surface area contributed by atoms with Crippen LogP contribution in [0.25, 0.3) is 0 Å². The maximum Gasteiger partial charge on any atom is 3.00 e. The molecule has 0 aromatic heterocycles. The fourth-order valence-electron chi connectivity index (χ4n) is 0. The van der Waals surface area contributed by atoms with Crippen LogP contribution in [-0.4, -0.2) is 93.0 Å². The number of carbonyl (C=O) groups excluding carboxylic acids is 6. The van der Waals surface area contributed by atoms with Crippen molar-refractivity contribution < 1.29 is 64.9 Å². The Balaban J connectivity index is -0.0000000375. The van der Waals surface area contributed by atoms with Crippen LogP contribution in [0, 0.1) is 0 Å². The molecule has 0 aromatic rings. The van der Waals surface area contributed by atoms with Crippen molar-refractivity contribution in [2.24, 2.45) is 0 Å². The molecule has 0 bridgehead atoms. The summed E-state index contributed by atoms with van der Waals surface area (Å²) in [6, 6.07) is 0. The predicted octanol–water partition coefficient (Wildman–Crippen LogP) is -12.1. The van der Waals surface area contributed by atoms with E-state index in [4.69, 9.17) is 59.4 Å². The predicted molar refractivity (Wildman–Crippen MR) is 45.2 cm³/mol. The fraction of sp³-hybridized carbons (Fsp3) is 0. The van der Waals surface area contributed by atoms with E-state index in [1.165, 1.54) is 0 Å². The molecule has 2 N–H and O–H groups in total. The Bertz CT molecular complexity index is 282. The van der Waals surface area contributed by atoms with Crippen molar-refractivity contribution in [3.05, 3.63) is 0 Å².